The molecule has 1 aromatic carbocycles. The number of pyridine rings is 1. The van der Waals surface area contributed by atoms with Crippen molar-refractivity contribution in [2.24, 2.45) is 0 Å². The second-order valence-corrected chi connectivity index (χ2v) is 6.09. The van der Waals surface area contributed by atoms with Gasteiger partial charge in [0.25, 0.3) is 0 Å². The zero-order valence-electron chi connectivity index (χ0n) is 13.4. The third-order valence-corrected chi connectivity index (χ3v) is 4.57. The highest BCUT2D eigenvalue weighted by atomic mass is 16.6. The third-order valence-electron chi connectivity index (χ3n) is 4.57. The summed E-state index contributed by atoms with van der Waals surface area (Å²) in [6.07, 6.45) is 4.29. The van der Waals surface area contributed by atoms with Crippen molar-refractivity contribution in [3.05, 3.63) is 80.3 Å². The molecule has 2 aromatic heterocycles. The van der Waals surface area contributed by atoms with Crippen molar-refractivity contribution in [1.29, 1.82) is 0 Å². The molecular formula is C18H16N4O3. The Morgan fingerprint density at radius 2 is 2.00 bits per heavy atom. The Morgan fingerprint density at radius 3 is 2.84 bits per heavy atom. The number of nitrogens with one attached hydrogen (secondary N) is 1. The van der Waals surface area contributed by atoms with Gasteiger partial charge in [-0.3, -0.25) is 19.3 Å². The van der Waals surface area contributed by atoms with Crippen molar-refractivity contribution in [1.82, 2.24) is 9.38 Å². The number of hydrogen-bond acceptors (Lipinski definition) is 5. The first kappa shape index (κ1) is 15.3. The molecule has 0 saturated heterocycles. The number of hydrogen-bond donors (Lipinski definition) is 1. The zero-order chi connectivity index (χ0) is 17.4. The largest absolute Gasteiger partial charge is 0.376 e. The minimum atomic E-state index is -0.679. The molecule has 0 saturated carbocycles. The van der Waals surface area contributed by atoms with E-state index >= 15 is 0 Å². The van der Waals surface area contributed by atoms with Gasteiger partial charge in [0.15, 0.2) is 0 Å². The summed E-state index contributed by atoms with van der Waals surface area (Å²) in [5.41, 5.74) is 1.52. The lowest BCUT2D eigenvalue weighted by atomic mass is 9.88. The van der Waals surface area contributed by atoms with E-state index < -0.39 is 16.2 Å². The van der Waals surface area contributed by atoms with E-state index in [0.29, 0.717) is 5.65 Å². The third kappa shape index (κ3) is 2.63. The molecule has 7 nitrogen and oxygen atoms in total. The summed E-state index contributed by atoms with van der Waals surface area (Å²) in [5, 5.41) is 14.6. The van der Waals surface area contributed by atoms with Gasteiger partial charge >= 0.3 is 11.2 Å². The van der Waals surface area contributed by atoms with Crippen LogP contribution in [0.25, 0.3) is 5.65 Å². The van der Waals surface area contributed by atoms with Crippen LogP contribution in [0.4, 0.5) is 11.5 Å². The van der Waals surface area contributed by atoms with Gasteiger partial charge in [-0.1, -0.05) is 30.3 Å². The molecule has 4 rings (SSSR count). The highest BCUT2D eigenvalue weighted by Gasteiger charge is 2.27. The van der Waals surface area contributed by atoms with Crippen LogP contribution in [0.15, 0.2) is 53.5 Å². The van der Waals surface area contributed by atoms with Crippen LogP contribution in [-0.2, 0) is 6.42 Å². The van der Waals surface area contributed by atoms with Crippen LogP contribution in [0.3, 0.4) is 0 Å². The second kappa shape index (κ2) is 6.01. The summed E-state index contributed by atoms with van der Waals surface area (Å²) in [4.78, 5) is 27.7. The van der Waals surface area contributed by atoms with Gasteiger partial charge in [0.2, 0.25) is 5.82 Å². The van der Waals surface area contributed by atoms with Crippen LogP contribution >= 0.6 is 0 Å². The zero-order valence-corrected chi connectivity index (χ0v) is 13.4. The van der Waals surface area contributed by atoms with E-state index in [1.807, 2.05) is 18.2 Å². The van der Waals surface area contributed by atoms with Crippen LogP contribution in [0, 0.1) is 10.1 Å². The Bertz CT molecular complexity index is 1030. The van der Waals surface area contributed by atoms with Crippen LogP contribution in [0.5, 0.6) is 0 Å². The molecule has 1 unspecified atom stereocenters. The molecule has 0 amide bonds. The molecule has 7 heteroatoms. The molecule has 2 heterocycles. The van der Waals surface area contributed by atoms with Crippen molar-refractivity contribution in [2.45, 2.75) is 25.3 Å². The Balaban J connectivity index is 1.84. The normalized spacial score (nSPS) is 16.4. The molecule has 1 aliphatic carbocycles. The van der Waals surface area contributed by atoms with Gasteiger partial charge in [0.1, 0.15) is 5.65 Å². The summed E-state index contributed by atoms with van der Waals surface area (Å²) in [6, 6.07) is 13.0. The monoisotopic (exact) mass is 336 g/mol. The van der Waals surface area contributed by atoms with Gasteiger partial charge in [-0.05, 0) is 42.5 Å². The molecule has 0 bridgehead atoms. The minimum Gasteiger partial charge on any atom is -0.357 e. The first-order valence-electron chi connectivity index (χ1n) is 8.15. The van der Waals surface area contributed by atoms with E-state index in [1.54, 1.807) is 18.2 Å². The van der Waals surface area contributed by atoms with Crippen molar-refractivity contribution in [2.75, 3.05) is 5.32 Å². The van der Waals surface area contributed by atoms with Gasteiger partial charge < -0.3 is 5.32 Å². The van der Waals surface area contributed by atoms with Crippen molar-refractivity contribution >= 4 is 17.2 Å². The minimum absolute atomic E-state index is 0.0305. The number of anilines is 1. The van der Waals surface area contributed by atoms with Gasteiger partial charge in [-0.25, -0.2) is 4.98 Å². The number of aromatic nitrogens is 2. The fourth-order valence-corrected chi connectivity index (χ4v) is 3.41. The van der Waals surface area contributed by atoms with E-state index in [4.69, 9.17) is 0 Å². The molecule has 25 heavy (non-hydrogen) atoms. The number of fused-ring (bicyclic) bond motifs is 2. The lowest BCUT2D eigenvalue weighted by Gasteiger charge is -2.26. The van der Waals surface area contributed by atoms with Crippen LogP contribution in [0.2, 0.25) is 0 Å². The molecule has 1 aliphatic rings. The van der Waals surface area contributed by atoms with Crippen LogP contribution in [0.1, 0.15) is 30.0 Å². The summed E-state index contributed by atoms with van der Waals surface area (Å²) < 4.78 is 1.19. The molecule has 0 aliphatic heterocycles. The van der Waals surface area contributed by atoms with Crippen molar-refractivity contribution in [3.8, 4) is 0 Å². The lowest BCUT2D eigenvalue weighted by Crippen LogP contribution is -2.24. The maximum atomic E-state index is 12.5. The van der Waals surface area contributed by atoms with E-state index in [2.05, 4.69) is 16.4 Å². The molecule has 1 atom stereocenters. The highest BCUT2D eigenvalue weighted by molar-refractivity contribution is 5.61. The van der Waals surface area contributed by atoms with Gasteiger partial charge in [0.05, 0.1) is 11.0 Å². The molecule has 126 valence electrons. The van der Waals surface area contributed by atoms with Gasteiger partial charge in [-0.2, -0.15) is 0 Å². The number of nitro groups is 1. The molecule has 0 spiro atoms. The van der Waals surface area contributed by atoms with E-state index in [9.17, 15) is 14.9 Å². The maximum Gasteiger partial charge on any atom is 0.376 e. The van der Waals surface area contributed by atoms with E-state index in [1.165, 1.54) is 16.2 Å². The number of benzene rings is 1. The number of rotatable bonds is 3. The Hall–Kier alpha value is -3.22. The molecule has 0 fully saturated rings. The summed E-state index contributed by atoms with van der Waals surface area (Å²) >= 11 is 0. The topological polar surface area (TPSA) is 89.5 Å². The van der Waals surface area contributed by atoms with Gasteiger partial charge in [-0.15, -0.1) is 0 Å². The number of nitrogens with zero attached hydrogens (tertiary/aromatic N) is 3. The Morgan fingerprint density at radius 1 is 1.20 bits per heavy atom. The van der Waals surface area contributed by atoms with Crippen molar-refractivity contribution < 1.29 is 4.92 Å². The van der Waals surface area contributed by atoms with E-state index in [-0.39, 0.29) is 11.9 Å². The predicted molar refractivity (Wildman–Crippen MR) is 93.9 cm³/mol. The summed E-state index contributed by atoms with van der Waals surface area (Å²) in [6.45, 7) is 0. The van der Waals surface area contributed by atoms with Gasteiger partial charge in [0, 0.05) is 6.20 Å². The first-order chi connectivity index (χ1) is 12.1. The smallest absolute Gasteiger partial charge is 0.357 e. The maximum absolute atomic E-state index is 12.5. The fourth-order valence-electron chi connectivity index (χ4n) is 3.41. The van der Waals surface area contributed by atoms with E-state index in [0.717, 1.165) is 24.8 Å². The number of aryl methyl sites for hydroxylation is 1. The fraction of sp³-hybridized carbons (Fsp3) is 0.222. The Labute approximate surface area is 143 Å². The van der Waals surface area contributed by atoms with Crippen LogP contribution < -0.4 is 10.9 Å². The first-order valence-corrected chi connectivity index (χ1v) is 8.15. The van der Waals surface area contributed by atoms with Crippen LogP contribution in [-0.4, -0.2) is 14.3 Å². The lowest BCUT2D eigenvalue weighted by molar-refractivity contribution is -0.385. The molecule has 3 aromatic rings. The quantitative estimate of drug-likeness (QED) is 0.586. The predicted octanol–water partition coefficient (Wildman–Crippen LogP) is 3.09. The van der Waals surface area contributed by atoms with Crippen molar-refractivity contribution in [3.63, 3.8) is 0 Å². The highest BCUT2D eigenvalue weighted by Crippen LogP contribution is 2.33. The molecule has 1 N–H and O–H groups in total. The SMILES string of the molecule is O=c1c([N+](=O)[O-])c(NC2CCCc3ccccc32)nc2ccccn12. The molecular weight excluding hydrogens is 320 g/mol. The standard InChI is InChI=1S/C18H16N4O3/c23-18-16(22(24)25)17(20-15-10-3-4-11-21(15)18)19-14-9-5-7-12-6-1-2-8-13(12)14/h1-4,6,8,10-11,14,19H,5,7,9H2. The summed E-state index contributed by atoms with van der Waals surface area (Å²) in [7, 11) is 0. The average molecular weight is 336 g/mol. The second-order valence-electron chi connectivity index (χ2n) is 6.09. The Kier molecular flexibility index (Phi) is 3.68. The average Bonchev–Trinajstić information content (AvgIpc) is 2.62. The molecule has 0 radical (unpaired) electrons. The summed E-state index contributed by atoms with van der Waals surface area (Å²) in [5.74, 6) is 0.0305.